The zero-order chi connectivity index (χ0) is 39.0. The van der Waals surface area contributed by atoms with Crippen LogP contribution in [0.25, 0.3) is 11.0 Å². The van der Waals surface area contributed by atoms with Gasteiger partial charge in [0.1, 0.15) is 11.3 Å². The predicted molar refractivity (Wildman–Crippen MR) is 205 cm³/mol. The number of nitrogens with zero attached hydrogens (tertiary/aromatic N) is 1. The molecule has 4 aromatic carbocycles. The van der Waals surface area contributed by atoms with Gasteiger partial charge < -0.3 is 40.1 Å². The molecule has 55 heavy (non-hydrogen) atoms. The maximum Gasteiger partial charge on any atom is 0.286 e. The average molecular weight is 769 g/mol. The molecule has 0 aliphatic carbocycles. The van der Waals surface area contributed by atoms with Crippen LogP contribution in [0.1, 0.15) is 33.8 Å². The van der Waals surface area contributed by atoms with Crippen molar-refractivity contribution in [2.75, 3.05) is 44.5 Å². The van der Waals surface area contributed by atoms with E-state index in [1.54, 1.807) is 72.8 Å². The lowest BCUT2D eigenvalue weighted by Crippen LogP contribution is -2.38. The Hall–Kier alpha value is -6.00. The molecule has 0 unspecified atom stereocenters. The van der Waals surface area contributed by atoms with E-state index < -0.39 is 34.7 Å². The number of benzene rings is 4. The number of fused-ring (bicyclic) bond motifs is 1. The Labute approximate surface area is 317 Å². The van der Waals surface area contributed by atoms with Crippen molar-refractivity contribution in [1.82, 2.24) is 9.62 Å². The zero-order valence-corrected chi connectivity index (χ0v) is 30.7. The van der Waals surface area contributed by atoms with Gasteiger partial charge in [0.15, 0.2) is 11.2 Å². The summed E-state index contributed by atoms with van der Waals surface area (Å²) < 4.78 is 50.8. The van der Waals surface area contributed by atoms with Gasteiger partial charge >= 0.3 is 0 Å². The third kappa shape index (κ3) is 9.21. The summed E-state index contributed by atoms with van der Waals surface area (Å²) in [7, 11) is -2.54. The number of ether oxygens (including phenoxy) is 3. The fraction of sp³-hybridized carbons (Fsp3) is 0.225. The predicted octanol–water partition coefficient (Wildman–Crippen LogP) is 4.37. The lowest BCUT2D eigenvalue weighted by Gasteiger charge is -2.30. The molecule has 2 amide bonds. The van der Waals surface area contributed by atoms with E-state index in [-0.39, 0.29) is 60.2 Å². The Bertz CT molecular complexity index is 2350. The Morgan fingerprint density at radius 2 is 1.67 bits per heavy atom. The van der Waals surface area contributed by atoms with Crippen LogP contribution in [0.5, 0.6) is 5.75 Å². The maximum atomic E-state index is 13.6. The SMILES string of the molecule is COc1ccc(S(=O)(=O)N(CCO)CCO[C@H]2C[C@@H](c3coc4ccccc4c3=O)C=C(C(=O)NCc3ccc(C(=O)Nc4ccccc4N)cc3)O2)cc1. The number of hydrogen-bond donors (Lipinski definition) is 4. The summed E-state index contributed by atoms with van der Waals surface area (Å²) >= 11 is 0. The van der Waals surface area contributed by atoms with Crippen molar-refractivity contribution in [2.45, 2.75) is 30.1 Å². The molecule has 2 heterocycles. The van der Waals surface area contributed by atoms with E-state index in [0.717, 1.165) is 4.31 Å². The molecule has 0 radical (unpaired) electrons. The van der Waals surface area contributed by atoms with Gasteiger partial charge in [-0.3, -0.25) is 14.4 Å². The van der Waals surface area contributed by atoms with Crippen LogP contribution in [0.3, 0.4) is 0 Å². The molecule has 1 aliphatic rings. The van der Waals surface area contributed by atoms with E-state index in [1.165, 1.54) is 43.7 Å². The Morgan fingerprint density at radius 3 is 2.40 bits per heavy atom. The number of aliphatic hydroxyl groups excluding tert-OH is 1. The Morgan fingerprint density at radius 1 is 0.945 bits per heavy atom. The Kier molecular flexibility index (Phi) is 12.3. The van der Waals surface area contributed by atoms with Crippen molar-refractivity contribution in [1.29, 1.82) is 0 Å². The van der Waals surface area contributed by atoms with E-state index >= 15 is 0 Å². The first-order valence-electron chi connectivity index (χ1n) is 17.4. The molecular formula is C40H40N4O10S. The first-order chi connectivity index (χ1) is 26.6. The fourth-order valence-corrected chi connectivity index (χ4v) is 7.39. The number of allylic oxidation sites excluding steroid dienone is 1. The number of sulfonamides is 1. The lowest BCUT2D eigenvalue weighted by molar-refractivity contribution is -0.146. The molecule has 5 N–H and O–H groups in total. The molecule has 5 aromatic rings. The van der Waals surface area contributed by atoms with Gasteiger partial charge in [-0.1, -0.05) is 36.4 Å². The molecule has 6 rings (SSSR count). The van der Waals surface area contributed by atoms with Gasteiger partial charge in [-0.25, -0.2) is 8.42 Å². The fourth-order valence-electron chi connectivity index (χ4n) is 5.98. The first kappa shape index (κ1) is 38.7. The molecule has 0 saturated carbocycles. The standard InChI is InChI=1S/C40H40N4O10S/c1-51-29-14-16-30(17-15-29)55(49,50)44(18-20-45)19-21-52-37-23-28(32-25-53-35-9-5-2-6-31(35)38(32)46)22-36(54-37)40(48)42-24-26-10-12-27(13-11-26)39(47)43-34-8-4-3-7-33(34)41/h2-17,22,25,28,37,45H,18-21,23-24,41H2,1H3,(H,42,48)(H,43,47)/t28-,37+/m0/s1. The number of amides is 2. The topological polar surface area (TPSA) is 200 Å². The smallest absolute Gasteiger partial charge is 0.286 e. The summed E-state index contributed by atoms with van der Waals surface area (Å²) in [6.07, 6.45) is 1.95. The highest BCUT2D eigenvalue weighted by Gasteiger charge is 2.32. The molecule has 0 bridgehead atoms. The number of hydrogen-bond acceptors (Lipinski definition) is 11. The van der Waals surface area contributed by atoms with Gasteiger partial charge in [0.2, 0.25) is 16.3 Å². The number of nitrogens with two attached hydrogens (primary N) is 1. The number of methoxy groups -OCH3 is 1. The van der Waals surface area contributed by atoms with E-state index in [4.69, 9.17) is 24.4 Å². The minimum atomic E-state index is -4.01. The number of rotatable bonds is 15. The molecule has 0 saturated heterocycles. The van der Waals surface area contributed by atoms with Gasteiger partial charge in [-0.05, 0) is 72.3 Å². The number of nitrogens with one attached hydrogen (secondary N) is 2. The highest BCUT2D eigenvalue weighted by atomic mass is 32.2. The largest absolute Gasteiger partial charge is 0.497 e. The molecule has 1 aromatic heterocycles. The van der Waals surface area contributed by atoms with Crippen molar-refractivity contribution in [3.63, 3.8) is 0 Å². The van der Waals surface area contributed by atoms with Crippen molar-refractivity contribution in [2.24, 2.45) is 0 Å². The summed E-state index contributed by atoms with van der Waals surface area (Å²) in [5.74, 6) is -1.21. The third-order valence-electron chi connectivity index (χ3n) is 8.96. The Balaban J connectivity index is 1.15. The van der Waals surface area contributed by atoms with Crippen LogP contribution in [0.4, 0.5) is 11.4 Å². The van der Waals surface area contributed by atoms with E-state index in [1.807, 2.05) is 0 Å². The highest BCUT2D eigenvalue weighted by Crippen LogP contribution is 2.31. The minimum Gasteiger partial charge on any atom is -0.497 e. The normalized spacial score (nSPS) is 15.6. The van der Waals surface area contributed by atoms with Gasteiger partial charge in [0.25, 0.3) is 11.8 Å². The molecule has 14 nitrogen and oxygen atoms in total. The second-order valence-corrected chi connectivity index (χ2v) is 14.5. The number of para-hydroxylation sites is 3. The molecule has 0 fully saturated rings. The third-order valence-corrected chi connectivity index (χ3v) is 10.9. The summed E-state index contributed by atoms with van der Waals surface area (Å²) in [6, 6.07) is 26.3. The van der Waals surface area contributed by atoms with Crippen LogP contribution in [0.2, 0.25) is 0 Å². The van der Waals surface area contributed by atoms with Crippen LogP contribution in [0, 0.1) is 0 Å². The van der Waals surface area contributed by atoms with Gasteiger partial charge in [0, 0.05) is 43.1 Å². The molecule has 15 heteroatoms. The molecule has 0 spiro atoms. The van der Waals surface area contributed by atoms with Crippen LogP contribution < -0.4 is 26.5 Å². The lowest BCUT2D eigenvalue weighted by atomic mass is 9.93. The van der Waals surface area contributed by atoms with Gasteiger partial charge in [-0.15, -0.1) is 0 Å². The number of nitrogen functional groups attached to an aromatic ring is 1. The average Bonchev–Trinajstić information content (AvgIpc) is 3.20. The van der Waals surface area contributed by atoms with Crippen LogP contribution >= 0.6 is 0 Å². The van der Waals surface area contributed by atoms with Crippen molar-refractivity contribution in [3.8, 4) is 5.75 Å². The second kappa shape index (κ2) is 17.4. The molecular weight excluding hydrogens is 729 g/mol. The first-order valence-corrected chi connectivity index (χ1v) is 18.8. The highest BCUT2D eigenvalue weighted by molar-refractivity contribution is 7.89. The zero-order valence-electron chi connectivity index (χ0n) is 29.8. The van der Waals surface area contributed by atoms with Crippen LogP contribution in [0.15, 0.2) is 129 Å². The number of aliphatic hydroxyl groups is 1. The van der Waals surface area contributed by atoms with Crippen molar-refractivity contribution < 1.29 is 41.7 Å². The molecule has 1 aliphatic heterocycles. The second-order valence-electron chi connectivity index (χ2n) is 12.5. The van der Waals surface area contributed by atoms with Crippen LogP contribution in [-0.4, -0.2) is 69.3 Å². The maximum absolute atomic E-state index is 13.6. The monoisotopic (exact) mass is 768 g/mol. The van der Waals surface area contributed by atoms with E-state index in [2.05, 4.69) is 10.6 Å². The molecule has 2 atom stereocenters. The van der Waals surface area contributed by atoms with E-state index in [0.29, 0.717) is 39.2 Å². The number of carbonyl (C=O) groups excluding carboxylic acids is 2. The molecule has 286 valence electrons. The van der Waals surface area contributed by atoms with E-state index in [9.17, 15) is 27.9 Å². The quantitative estimate of drug-likeness (QED) is 0.110. The summed E-state index contributed by atoms with van der Waals surface area (Å²) in [5.41, 5.74) is 8.38. The summed E-state index contributed by atoms with van der Waals surface area (Å²) in [4.78, 5) is 39.9. The van der Waals surface area contributed by atoms with Gasteiger partial charge in [-0.2, -0.15) is 4.31 Å². The summed E-state index contributed by atoms with van der Waals surface area (Å²) in [6.45, 7) is -0.840. The number of anilines is 2. The van der Waals surface area contributed by atoms with Crippen LogP contribution in [-0.2, 0) is 30.8 Å². The van der Waals surface area contributed by atoms with Crippen molar-refractivity contribution >= 4 is 44.2 Å². The van der Waals surface area contributed by atoms with Crippen molar-refractivity contribution in [3.05, 3.63) is 142 Å². The number of carbonyl (C=O) groups is 2. The van der Waals surface area contributed by atoms with Gasteiger partial charge in [0.05, 0.1) is 48.2 Å². The minimum absolute atomic E-state index is 0.0101. The summed E-state index contributed by atoms with van der Waals surface area (Å²) in [5, 5.41) is 15.6.